The molecule has 17 heavy (non-hydrogen) atoms. The average Bonchev–Trinajstić information content (AvgIpc) is 2.64. The van der Waals surface area contributed by atoms with Gasteiger partial charge < -0.3 is 10.3 Å². The summed E-state index contributed by atoms with van der Waals surface area (Å²) in [5.41, 5.74) is 6.16. The molecule has 0 radical (unpaired) electrons. The molecule has 1 heterocycles. The molecule has 0 aliphatic rings. The molecular weight excluding hydrogens is 258 g/mol. The molecule has 5 nitrogen and oxygen atoms in total. The lowest BCUT2D eigenvalue weighted by Crippen LogP contribution is -2.12. The molecular formula is C10H10ClN5S. The lowest BCUT2D eigenvalue weighted by Gasteiger charge is -2.07. The van der Waals surface area contributed by atoms with E-state index < -0.39 is 0 Å². The molecule has 1 aromatic carbocycles. The van der Waals surface area contributed by atoms with E-state index in [2.05, 4.69) is 10.2 Å². The number of aryl methyl sites for hydroxylation is 1. The number of benzene rings is 1. The summed E-state index contributed by atoms with van der Waals surface area (Å²) in [4.78, 5) is 0.793. The van der Waals surface area contributed by atoms with Crippen LogP contribution in [0.1, 0.15) is 5.56 Å². The molecule has 0 spiro atoms. The second kappa shape index (κ2) is 4.77. The molecule has 0 saturated heterocycles. The van der Waals surface area contributed by atoms with Crippen molar-refractivity contribution in [2.75, 3.05) is 0 Å². The number of aromatic nitrogens is 3. The van der Waals surface area contributed by atoms with Gasteiger partial charge in [-0.2, -0.15) is 0 Å². The van der Waals surface area contributed by atoms with Crippen molar-refractivity contribution in [3.05, 3.63) is 35.1 Å². The molecule has 0 aliphatic carbocycles. The monoisotopic (exact) mass is 267 g/mol. The maximum Gasteiger partial charge on any atom is 0.195 e. The van der Waals surface area contributed by atoms with Crippen LogP contribution in [0.4, 0.5) is 0 Å². The SMILES string of the molecule is Cn1cnnc1Sc1cc(Cl)ccc1C(=N)N. The molecule has 0 fully saturated rings. The van der Waals surface area contributed by atoms with Gasteiger partial charge in [0, 0.05) is 22.5 Å². The molecule has 1 aromatic heterocycles. The van der Waals surface area contributed by atoms with E-state index in [1.807, 2.05) is 7.05 Å². The Morgan fingerprint density at radius 3 is 2.88 bits per heavy atom. The lowest BCUT2D eigenvalue weighted by atomic mass is 10.2. The summed E-state index contributed by atoms with van der Waals surface area (Å²) in [7, 11) is 1.85. The number of halogens is 1. The van der Waals surface area contributed by atoms with E-state index >= 15 is 0 Å². The minimum atomic E-state index is 0.00587. The standard InChI is InChI=1S/C10H10ClN5S/c1-16-5-14-15-10(16)17-8-4-6(11)2-3-7(8)9(12)13/h2-5H,1H3,(H3,12,13). The molecule has 7 heteroatoms. The van der Waals surface area contributed by atoms with Crippen molar-refractivity contribution in [2.24, 2.45) is 12.8 Å². The average molecular weight is 268 g/mol. The van der Waals surface area contributed by atoms with Gasteiger partial charge in [-0.25, -0.2) is 0 Å². The maximum absolute atomic E-state index is 7.51. The predicted octanol–water partition coefficient (Wildman–Crippen LogP) is 1.90. The van der Waals surface area contributed by atoms with Crippen LogP contribution in [0, 0.1) is 5.41 Å². The fraction of sp³-hybridized carbons (Fsp3) is 0.100. The minimum Gasteiger partial charge on any atom is -0.384 e. The highest BCUT2D eigenvalue weighted by Crippen LogP contribution is 2.30. The predicted molar refractivity (Wildman–Crippen MR) is 67.6 cm³/mol. The highest BCUT2D eigenvalue weighted by Gasteiger charge is 2.10. The summed E-state index contributed by atoms with van der Waals surface area (Å²) in [6.45, 7) is 0. The number of nitrogen functional groups attached to an aromatic ring is 1. The number of hydrogen-bond donors (Lipinski definition) is 2. The van der Waals surface area contributed by atoms with E-state index in [0.29, 0.717) is 10.6 Å². The summed E-state index contributed by atoms with van der Waals surface area (Å²) in [5, 5.41) is 16.6. The maximum atomic E-state index is 7.51. The van der Waals surface area contributed by atoms with Gasteiger partial charge in [0.25, 0.3) is 0 Å². The third kappa shape index (κ3) is 2.59. The van der Waals surface area contributed by atoms with Crippen molar-refractivity contribution in [3.63, 3.8) is 0 Å². The number of hydrogen-bond acceptors (Lipinski definition) is 4. The molecule has 0 aliphatic heterocycles. The van der Waals surface area contributed by atoms with E-state index in [1.54, 1.807) is 29.1 Å². The van der Waals surface area contributed by atoms with Crippen molar-refractivity contribution in [1.82, 2.24) is 14.8 Å². The highest BCUT2D eigenvalue weighted by atomic mass is 35.5. The minimum absolute atomic E-state index is 0.00587. The van der Waals surface area contributed by atoms with Crippen LogP contribution in [0.2, 0.25) is 5.02 Å². The summed E-state index contributed by atoms with van der Waals surface area (Å²) < 4.78 is 1.79. The van der Waals surface area contributed by atoms with Gasteiger partial charge in [0.1, 0.15) is 12.2 Å². The molecule has 2 rings (SSSR count). The first-order valence-corrected chi connectivity index (χ1v) is 5.93. The van der Waals surface area contributed by atoms with Gasteiger partial charge in [-0.1, -0.05) is 11.6 Å². The van der Waals surface area contributed by atoms with E-state index in [9.17, 15) is 0 Å². The van der Waals surface area contributed by atoms with Crippen LogP contribution in [0.15, 0.2) is 34.6 Å². The van der Waals surface area contributed by atoms with Crippen LogP contribution in [0.25, 0.3) is 0 Å². The van der Waals surface area contributed by atoms with Gasteiger partial charge in [-0.3, -0.25) is 5.41 Å². The van der Waals surface area contributed by atoms with Gasteiger partial charge in [-0.15, -0.1) is 10.2 Å². The molecule has 3 N–H and O–H groups in total. The van der Waals surface area contributed by atoms with Crippen molar-refractivity contribution in [2.45, 2.75) is 10.1 Å². The number of amidine groups is 1. The molecule has 0 bridgehead atoms. The number of nitrogens with zero attached hydrogens (tertiary/aromatic N) is 3. The zero-order valence-corrected chi connectivity index (χ0v) is 10.6. The van der Waals surface area contributed by atoms with Gasteiger partial charge in [0.15, 0.2) is 5.16 Å². The normalized spacial score (nSPS) is 10.5. The summed E-state index contributed by atoms with van der Waals surface area (Å²) in [6.07, 6.45) is 1.61. The zero-order valence-electron chi connectivity index (χ0n) is 9.01. The first-order valence-electron chi connectivity index (χ1n) is 4.73. The van der Waals surface area contributed by atoms with Gasteiger partial charge in [0.2, 0.25) is 0 Å². The van der Waals surface area contributed by atoms with Crippen LogP contribution in [0.5, 0.6) is 0 Å². The van der Waals surface area contributed by atoms with Crippen molar-refractivity contribution >= 4 is 29.2 Å². The van der Waals surface area contributed by atoms with Crippen molar-refractivity contribution in [3.8, 4) is 0 Å². The van der Waals surface area contributed by atoms with E-state index in [1.165, 1.54) is 11.8 Å². The first-order chi connectivity index (χ1) is 8.08. The summed E-state index contributed by atoms with van der Waals surface area (Å²) in [5.74, 6) is 0.00587. The Morgan fingerprint density at radius 1 is 1.53 bits per heavy atom. The first kappa shape index (κ1) is 11.9. The molecule has 0 atom stereocenters. The summed E-state index contributed by atoms with van der Waals surface area (Å²) >= 11 is 7.31. The third-order valence-electron chi connectivity index (χ3n) is 2.10. The van der Waals surface area contributed by atoms with Crippen LogP contribution in [-0.2, 0) is 7.05 Å². The Labute approximate surface area is 107 Å². The number of nitrogens with one attached hydrogen (secondary N) is 1. The van der Waals surface area contributed by atoms with E-state index in [0.717, 1.165) is 10.1 Å². The molecule has 0 amide bonds. The Hall–Kier alpha value is -1.53. The second-order valence-corrected chi connectivity index (χ2v) is 4.83. The summed E-state index contributed by atoms with van der Waals surface area (Å²) in [6, 6.07) is 5.19. The Balaban J connectivity index is 2.41. The second-order valence-electron chi connectivity index (χ2n) is 3.38. The number of nitrogens with two attached hydrogens (primary N) is 1. The molecule has 88 valence electrons. The van der Waals surface area contributed by atoms with E-state index in [-0.39, 0.29) is 5.84 Å². The largest absolute Gasteiger partial charge is 0.384 e. The smallest absolute Gasteiger partial charge is 0.195 e. The van der Waals surface area contributed by atoms with Crippen molar-refractivity contribution in [1.29, 1.82) is 5.41 Å². The van der Waals surface area contributed by atoms with Crippen LogP contribution in [-0.4, -0.2) is 20.6 Å². The van der Waals surface area contributed by atoms with Crippen LogP contribution < -0.4 is 5.73 Å². The Morgan fingerprint density at radius 2 is 2.29 bits per heavy atom. The van der Waals surface area contributed by atoms with Crippen LogP contribution >= 0.6 is 23.4 Å². The topological polar surface area (TPSA) is 80.6 Å². The van der Waals surface area contributed by atoms with Gasteiger partial charge in [-0.05, 0) is 30.0 Å². The molecule has 0 saturated carbocycles. The van der Waals surface area contributed by atoms with Crippen molar-refractivity contribution < 1.29 is 0 Å². The van der Waals surface area contributed by atoms with Gasteiger partial charge >= 0.3 is 0 Å². The lowest BCUT2D eigenvalue weighted by molar-refractivity contribution is 0.788. The highest BCUT2D eigenvalue weighted by molar-refractivity contribution is 7.99. The molecule has 2 aromatic rings. The van der Waals surface area contributed by atoms with Crippen LogP contribution in [0.3, 0.4) is 0 Å². The Kier molecular flexibility index (Phi) is 3.35. The zero-order chi connectivity index (χ0) is 12.4. The fourth-order valence-electron chi connectivity index (χ4n) is 1.27. The van der Waals surface area contributed by atoms with E-state index in [4.69, 9.17) is 22.7 Å². The third-order valence-corrected chi connectivity index (χ3v) is 3.45. The fourth-order valence-corrected chi connectivity index (χ4v) is 2.45. The van der Waals surface area contributed by atoms with Gasteiger partial charge in [0.05, 0.1) is 0 Å². The Bertz CT molecular complexity index is 566. The number of rotatable bonds is 3. The quantitative estimate of drug-likeness (QED) is 0.657. The molecule has 0 unspecified atom stereocenters.